The summed E-state index contributed by atoms with van der Waals surface area (Å²) in [6.45, 7) is 2.24. The number of hydrogen-bond donors (Lipinski definition) is 0. The molecule has 2 aromatic heterocycles. The van der Waals surface area contributed by atoms with Crippen molar-refractivity contribution in [3.05, 3.63) is 82.0 Å². The average molecular weight is 411 g/mol. The summed E-state index contributed by atoms with van der Waals surface area (Å²) in [5.41, 5.74) is 8.74. The zero-order chi connectivity index (χ0) is 19.4. The molecule has 2 heteroatoms. The van der Waals surface area contributed by atoms with Gasteiger partial charge in [-0.05, 0) is 69.8 Å². The molecule has 0 saturated carbocycles. The Morgan fingerprint density at radius 3 is 2.10 bits per heavy atom. The molecule has 0 amide bonds. The molecule has 0 aliphatic heterocycles. The molecule has 0 nitrogen and oxygen atoms in total. The zero-order valence-corrected chi connectivity index (χ0v) is 18.1. The van der Waals surface area contributed by atoms with Gasteiger partial charge >= 0.3 is 0 Å². The second kappa shape index (κ2) is 6.83. The van der Waals surface area contributed by atoms with Crippen molar-refractivity contribution in [3.63, 3.8) is 0 Å². The van der Waals surface area contributed by atoms with Gasteiger partial charge < -0.3 is 0 Å². The Morgan fingerprint density at radius 1 is 0.655 bits per heavy atom. The first kappa shape index (κ1) is 17.4. The van der Waals surface area contributed by atoms with Crippen LogP contribution in [0.15, 0.2) is 66.0 Å². The minimum atomic E-state index is 1.12. The van der Waals surface area contributed by atoms with E-state index in [-0.39, 0.29) is 0 Å². The van der Waals surface area contributed by atoms with Gasteiger partial charge in [-0.1, -0.05) is 61.9 Å². The minimum absolute atomic E-state index is 1.12. The molecule has 0 bridgehead atoms. The Morgan fingerprint density at radius 2 is 1.34 bits per heavy atom. The van der Waals surface area contributed by atoms with Gasteiger partial charge in [0.05, 0.1) is 0 Å². The van der Waals surface area contributed by atoms with E-state index in [1.807, 2.05) is 22.7 Å². The van der Waals surface area contributed by atoms with E-state index in [1.165, 1.54) is 71.3 Å². The van der Waals surface area contributed by atoms with Crippen LogP contribution in [0.3, 0.4) is 0 Å². The summed E-state index contributed by atoms with van der Waals surface area (Å²) < 4.78 is 2.91. The zero-order valence-electron chi connectivity index (χ0n) is 16.5. The Bertz CT molecular complexity index is 1350. The van der Waals surface area contributed by atoms with Gasteiger partial charge in [-0.15, -0.1) is 22.7 Å². The Kier molecular flexibility index (Phi) is 4.11. The molecule has 0 atom stereocenters. The lowest BCUT2D eigenvalue weighted by atomic mass is 9.79. The molecule has 0 fully saturated rings. The van der Waals surface area contributed by atoms with Crippen LogP contribution < -0.4 is 0 Å². The van der Waals surface area contributed by atoms with Gasteiger partial charge in [0, 0.05) is 25.4 Å². The van der Waals surface area contributed by atoms with Crippen molar-refractivity contribution in [2.45, 2.75) is 32.6 Å². The van der Waals surface area contributed by atoms with Crippen LogP contribution in [0.5, 0.6) is 0 Å². The summed E-state index contributed by atoms with van der Waals surface area (Å²) in [6.07, 6.45) is 4.64. The molecule has 1 aliphatic rings. The lowest BCUT2D eigenvalue weighted by Crippen LogP contribution is -1.98. The molecule has 0 N–H and O–H groups in total. The molecule has 6 rings (SSSR count). The van der Waals surface area contributed by atoms with Crippen LogP contribution in [0, 0.1) is 0 Å². The van der Waals surface area contributed by atoms with Gasteiger partial charge in [0.2, 0.25) is 0 Å². The molecule has 0 radical (unpaired) electrons. The monoisotopic (exact) mass is 410 g/mol. The van der Waals surface area contributed by atoms with Crippen LogP contribution in [0.4, 0.5) is 0 Å². The first-order valence-corrected chi connectivity index (χ1v) is 12.2. The average Bonchev–Trinajstić information content (AvgIpc) is 3.35. The Balaban J connectivity index is 1.30. The first-order chi connectivity index (χ1) is 14.3. The lowest BCUT2D eigenvalue weighted by molar-refractivity contribution is 0.916. The third kappa shape index (κ3) is 2.78. The summed E-state index contributed by atoms with van der Waals surface area (Å²) in [4.78, 5) is 1.50. The van der Waals surface area contributed by atoms with Crippen molar-refractivity contribution in [2.24, 2.45) is 0 Å². The van der Waals surface area contributed by atoms with Crippen molar-refractivity contribution < 1.29 is 0 Å². The molecule has 0 saturated heterocycles. The fraction of sp³-hybridized carbons (Fsp3) is 0.185. The van der Waals surface area contributed by atoms with Crippen LogP contribution in [-0.4, -0.2) is 0 Å². The van der Waals surface area contributed by atoms with E-state index in [0.717, 1.165) is 12.8 Å². The topological polar surface area (TPSA) is 0 Å². The van der Waals surface area contributed by atoms with E-state index in [0.29, 0.717) is 0 Å². The quantitative estimate of drug-likeness (QED) is 0.267. The fourth-order valence-corrected chi connectivity index (χ4v) is 6.81. The molecule has 3 aromatic carbocycles. The van der Waals surface area contributed by atoms with E-state index < -0.39 is 0 Å². The van der Waals surface area contributed by atoms with Crippen molar-refractivity contribution in [3.8, 4) is 22.3 Å². The third-order valence-corrected chi connectivity index (χ3v) is 8.30. The minimum Gasteiger partial charge on any atom is -0.143 e. The van der Waals surface area contributed by atoms with Crippen molar-refractivity contribution in [1.82, 2.24) is 0 Å². The smallest absolute Gasteiger partial charge is 0.0430 e. The molecular weight excluding hydrogens is 388 g/mol. The van der Waals surface area contributed by atoms with Gasteiger partial charge in [-0.3, -0.25) is 0 Å². The van der Waals surface area contributed by atoms with Crippen LogP contribution >= 0.6 is 22.7 Å². The number of aryl methyl sites for hydroxylation is 3. The number of fused-ring (bicyclic) bond motifs is 8. The van der Waals surface area contributed by atoms with E-state index >= 15 is 0 Å². The molecule has 5 aromatic rings. The van der Waals surface area contributed by atoms with E-state index in [9.17, 15) is 0 Å². The molecule has 29 heavy (non-hydrogen) atoms. The van der Waals surface area contributed by atoms with Crippen LogP contribution in [0.2, 0.25) is 0 Å². The van der Waals surface area contributed by atoms with E-state index in [2.05, 4.69) is 73.0 Å². The molecule has 1 aliphatic carbocycles. The highest BCUT2D eigenvalue weighted by Crippen LogP contribution is 2.55. The largest absolute Gasteiger partial charge is 0.143 e. The van der Waals surface area contributed by atoms with Gasteiger partial charge in [0.1, 0.15) is 0 Å². The summed E-state index contributed by atoms with van der Waals surface area (Å²) in [7, 11) is 0. The van der Waals surface area contributed by atoms with Crippen molar-refractivity contribution >= 4 is 42.8 Å². The van der Waals surface area contributed by atoms with Crippen LogP contribution in [0.25, 0.3) is 42.4 Å². The predicted octanol–water partition coefficient (Wildman–Crippen LogP) is 8.50. The third-order valence-electron chi connectivity index (χ3n) is 6.12. The summed E-state index contributed by atoms with van der Waals surface area (Å²) in [6, 6.07) is 23.1. The highest BCUT2D eigenvalue weighted by molar-refractivity contribution is 7.20. The van der Waals surface area contributed by atoms with Crippen molar-refractivity contribution in [1.29, 1.82) is 0 Å². The Labute approximate surface area is 179 Å². The number of benzene rings is 3. The number of thiophene rings is 2. The van der Waals surface area contributed by atoms with Crippen molar-refractivity contribution in [2.75, 3.05) is 0 Å². The Hall–Kier alpha value is -2.42. The fourth-order valence-electron chi connectivity index (χ4n) is 4.63. The van der Waals surface area contributed by atoms with Gasteiger partial charge in [-0.2, -0.15) is 0 Å². The van der Waals surface area contributed by atoms with Gasteiger partial charge in [-0.25, -0.2) is 0 Å². The molecule has 142 valence electrons. The maximum Gasteiger partial charge on any atom is 0.0430 e. The number of rotatable bonds is 5. The van der Waals surface area contributed by atoms with Crippen LogP contribution in [-0.2, 0) is 19.3 Å². The maximum atomic E-state index is 2.41. The predicted molar refractivity (Wildman–Crippen MR) is 129 cm³/mol. The second-order valence-electron chi connectivity index (χ2n) is 8.01. The highest BCUT2D eigenvalue weighted by Gasteiger charge is 2.28. The highest BCUT2D eigenvalue weighted by atomic mass is 32.1. The summed E-state index contributed by atoms with van der Waals surface area (Å²) in [5, 5.41) is 4.98. The molecule has 0 unspecified atom stereocenters. The summed E-state index contributed by atoms with van der Waals surface area (Å²) >= 11 is 3.86. The van der Waals surface area contributed by atoms with Gasteiger partial charge in [0.15, 0.2) is 0 Å². The number of hydrogen-bond acceptors (Lipinski definition) is 2. The standard InChI is InChI=1S/C27H22S2/c1-2-3-17-4-6-18(7-5-17)8-11-21-16-20-10-13-23-24-22(25(23)27(20)29-21)12-9-19-14-15-28-26(19)24/h4-7,9-10,12-16H,2-3,8,11H2,1H3. The molecule has 2 heterocycles. The second-order valence-corrected chi connectivity index (χ2v) is 10.1. The van der Waals surface area contributed by atoms with Crippen LogP contribution in [0.1, 0.15) is 29.3 Å². The SMILES string of the molecule is CCCc1ccc(CCc2cc3ccc4c(c3s2)-c2ccc3ccsc3c2-4)cc1. The normalized spacial score (nSPS) is 12.2. The van der Waals surface area contributed by atoms with E-state index in [4.69, 9.17) is 0 Å². The van der Waals surface area contributed by atoms with E-state index in [1.54, 1.807) is 0 Å². The first-order valence-electron chi connectivity index (χ1n) is 10.5. The molecular formula is C27H22S2. The maximum absolute atomic E-state index is 2.41. The summed E-state index contributed by atoms with van der Waals surface area (Å²) in [5.74, 6) is 0. The lowest BCUT2D eigenvalue weighted by Gasteiger charge is -2.25. The van der Waals surface area contributed by atoms with Gasteiger partial charge in [0.25, 0.3) is 0 Å². The molecule has 0 spiro atoms.